The lowest BCUT2D eigenvalue weighted by molar-refractivity contribution is -0.382. The number of aromatic nitrogens is 3. The second-order valence-corrected chi connectivity index (χ2v) is 39.2. The lowest BCUT2D eigenvalue weighted by Gasteiger charge is -2.19. The molecule has 3 atom stereocenters. The third-order valence-corrected chi connectivity index (χ3v) is 28.5. The molecule has 762 valence electrons. The quantitative estimate of drug-likeness (QED) is 0.00883. The lowest BCUT2D eigenvalue weighted by atomic mass is 9.89. The van der Waals surface area contributed by atoms with E-state index in [9.17, 15) is 56.4 Å². The molecule has 0 spiro atoms. The Bertz CT molecular complexity index is 8060. The van der Waals surface area contributed by atoms with Crippen LogP contribution in [0.15, 0.2) is 258 Å². The average Bonchev–Trinajstić information content (AvgIpc) is 1.57. The van der Waals surface area contributed by atoms with Gasteiger partial charge in [-0.3, -0.25) is 24.5 Å². The van der Waals surface area contributed by atoms with Crippen molar-refractivity contribution in [2.45, 2.75) is 227 Å². The van der Waals surface area contributed by atoms with E-state index in [0.29, 0.717) is 79.1 Å². The van der Waals surface area contributed by atoms with Gasteiger partial charge in [0.05, 0.1) is 26.9 Å². The average molecular weight is 2000 g/mol. The number of halogens is 4. The summed E-state index contributed by atoms with van der Waals surface area (Å²) in [4.78, 5) is 106. The zero-order valence-electron chi connectivity index (χ0n) is 87.3. The summed E-state index contributed by atoms with van der Waals surface area (Å²) < 4.78 is 65.3. The van der Waals surface area contributed by atoms with E-state index in [1.807, 2.05) is 230 Å². The molecule has 0 bridgehead atoms. The van der Waals surface area contributed by atoms with Crippen LogP contribution in [0.1, 0.15) is 254 Å². The highest BCUT2D eigenvalue weighted by Gasteiger charge is 2.42. The van der Waals surface area contributed by atoms with E-state index in [1.165, 1.54) is 39.3 Å². The molecule has 23 heteroatoms. The number of nitro benzene ring substituents is 1. The molecule has 0 amide bonds. The summed E-state index contributed by atoms with van der Waals surface area (Å²) in [5.41, 5.74) is 20.7. The minimum absolute atomic E-state index is 0.0134. The van der Waals surface area contributed by atoms with Crippen LogP contribution in [0.4, 0.5) is 23.2 Å². The van der Waals surface area contributed by atoms with Gasteiger partial charge in [-0.2, -0.15) is 8.78 Å². The van der Waals surface area contributed by atoms with E-state index in [2.05, 4.69) is 95.0 Å². The van der Waals surface area contributed by atoms with E-state index < -0.39 is 36.9 Å². The Hall–Kier alpha value is -15.4. The number of unbranched alkanes of at least 4 members (excludes halogenated alkanes) is 3. The van der Waals surface area contributed by atoms with Crippen LogP contribution in [-0.2, 0) is 48.5 Å². The van der Waals surface area contributed by atoms with Crippen molar-refractivity contribution in [3.63, 3.8) is 0 Å². The molecule has 19 nitrogen and oxygen atoms in total. The zero-order chi connectivity index (χ0) is 106. The number of carbonyl (C=O) groups is 6. The fourth-order valence-corrected chi connectivity index (χ4v) is 21.1. The van der Waals surface area contributed by atoms with Crippen LogP contribution in [0.5, 0.6) is 5.75 Å². The third-order valence-electron chi connectivity index (χ3n) is 28.5. The van der Waals surface area contributed by atoms with Gasteiger partial charge in [0.15, 0.2) is 23.9 Å². The summed E-state index contributed by atoms with van der Waals surface area (Å²) in [5, 5.41) is 35.3. The third kappa shape index (κ3) is 22.9. The maximum atomic E-state index is 14.6. The lowest BCUT2D eigenvalue weighted by Crippen LogP contribution is -2.33. The highest BCUT2D eigenvalue weighted by atomic mass is 19.3. The van der Waals surface area contributed by atoms with Crippen LogP contribution in [0.25, 0.3) is 97.7 Å². The first-order chi connectivity index (χ1) is 71.1. The fourth-order valence-electron chi connectivity index (χ4n) is 21.1. The standard InChI is InChI=1S/C47H48F4N2O4.C44H44N2O4.C34H35N3O4/c1-8-10-13-32(9-2)25-53-41-19-16-33(45(55)42-29(5)20-27(3)21-30(42)6)23-38(41)40-24-39(36-14-11-12-15-37(36)44(40)53)43(52-57-31(7)54)35-18-17-34(22-28(35)4)56-26-47(50,51)46(48)49;1-7-9-15-31(8-2)26-46-39-21-20-33(43(48)41(45-50-30(6)47)32-16-11-10-12-17-32)24-36(39)37-25-38(34-18-13-14-19-35(34)42(37)46)44(49)40-28(4)22-27(3)23-29(40)5;1-5-7-13-24(6-2)21-36-31-18-17-25(33(35-41-23(4)38)26-14-9-8-12-22(26)3)19-29(31)30-20-32(37(39)40)27-15-10-11-16-28(27)34(30)36/h11-12,14-24,32,46H,8-10,13,25-26H2,1-7H3;10-14,16-25,31H,7-9,15,26H2,1-6H3;8-12,14-20,24H,5-7,13,21H2,1-4H3/b52-43+;45-41-;35-33+. The Morgan fingerprint density at radius 1 is 0.365 bits per heavy atom. The second-order valence-electron chi connectivity index (χ2n) is 39.2. The van der Waals surface area contributed by atoms with Crippen LogP contribution in [0.3, 0.4) is 0 Å². The predicted molar refractivity (Wildman–Crippen MR) is 588 cm³/mol. The van der Waals surface area contributed by atoms with Crippen LogP contribution in [0, 0.1) is 83.3 Å². The molecule has 3 heterocycles. The molecule has 3 aromatic heterocycles. The van der Waals surface area contributed by atoms with Crippen LogP contribution < -0.4 is 4.74 Å². The highest BCUT2D eigenvalue weighted by Crippen LogP contribution is 2.46. The van der Waals surface area contributed by atoms with Gasteiger partial charge < -0.3 is 33.0 Å². The molecule has 0 aliphatic carbocycles. The van der Waals surface area contributed by atoms with Gasteiger partial charge in [-0.25, -0.2) is 23.2 Å². The van der Waals surface area contributed by atoms with Crippen molar-refractivity contribution in [2.75, 3.05) is 6.61 Å². The summed E-state index contributed by atoms with van der Waals surface area (Å²) in [6.45, 7) is 33.7. The van der Waals surface area contributed by atoms with Crippen molar-refractivity contribution in [1.82, 2.24) is 13.7 Å². The number of nitro groups is 1. The van der Waals surface area contributed by atoms with E-state index in [1.54, 1.807) is 31.2 Å². The fraction of sp³-hybridized carbons (Fsp3) is 0.304. The molecule has 0 aliphatic heterocycles. The molecule has 17 rings (SSSR count). The number of fused-ring (bicyclic) bond motifs is 15. The SMILES string of the molecule is CCCCC(CC)Cn1c2ccc(/C(=N\OC(C)=O)c3ccccc3C)cc2c2cc([N+](=O)[O-])c3ccccc3c21.CCCCC(CC)Cn1c2ccc(C(=O)/C(=N\OC(C)=O)c3ccccc3)cc2c2cc(C(=O)c3c(C)cc(C)cc3C)c3ccccc3c21.CCCCC(CC)Cn1c2ccc(C(=O)c3c(C)cc(C)cc3C)cc2c2cc(/C(=N/OC(C)=O)c3ccc(OCC(F)(F)C(F)F)cc3C)c3ccccc3c21. The number of carbonyl (C=O) groups excluding carboxylic acids is 6. The minimum atomic E-state index is -4.32. The Morgan fingerprint density at radius 3 is 1.22 bits per heavy atom. The minimum Gasteiger partial charge on any atom is -0.487 e. The Morgan fingerprint density at radius 2 is 0.757 bits per heavy atom. The number of alkyl halides is 4. The van der Waals surface area contributed by atoms with Gasteiger partial charge in [0.25, 0.3) is 5.69 Å². The summed E-state index contributed by atoms with van der Waals surface area (Å²) >= 11 is 0. The van der Waals surface area contributed by atoms with E-state index >= 15 is 0 Å². The Kier molecular flexibility index (Phi) is 33.9. The van der Waals surface area contributed by atoms with Crippen LogP contribution in [-0.4, -0.2) is 90.0 Å². The number of hydrogen-bond acceptors (Lipinski definition) is 15. The summed E-state index contributed by atoms with van der Waals surface area (Å²) in [6.07, 6.45) is 9.37. The molecule has 17 aromatic rings. The molecule has 0 saturated carbocycles. The number of ketones is 3. The highest BCUT2D eigenvalue weighted by molar-refractivity contribution is 6.51. The van der Waals surface area contributed by atoms with Crippen LogP contribution in [0.2, 0.25) is 0 Å². The van der Waals surface area contributed by atoms with Gasteiger partial charge in [0.2, 0.25) is 5.78 Å². The first kappa shape index (κ1) is 107. The zero-order valence-corrected chi connectivity index (χ0v) is 87.3. The first-order valence-electron chi connectivity index (χ1n) is 51.3. The molecular weight excluding hydrogens is 1870 g/mol. The van der Waals surface area contributed by atoms with Crippen molar-refractivity contribution in [2.24, 2.45) is 33.2 Å². The van der Waals surface area contributed by atoms with Gasteiger partial charge in [-0.15, -0.1) is 0 Å². The predicted octanol–water partition coefficient (Wildman–Crippen LogP) is 31.4. The topological polar surface area (TPSA) is 234 Å². The van der Waals surface area contributed by atoms with Gasteiger partial charge >= 0.3 is 30.3 Å². The smallest absolute Gasteiger partial charge is 0.340 e. The first-order valence-corrected chi connectivity index (χ1v) is 51.3. The van der Waals surface area contributed by atoms with E-state index in [4.69, 9.17) is 19.2 Å². The van der Waals surface area contributed by atoms with Gasteiger partial charge in [-0.05, 0) is 221 Å². The number of Topliss-reactive ketones (excluding diaryl/α,β-unsaturated/α-hetero) is 1. The summed E-state index contributed by atoms with van der Waals surface area (Å²) in [5.74, 6) is -5.20. The van der Waals surface area contributed by atoms with Crippen molar-refractivity contribution in [1.29, 1.82) is 0 Å². The molecule has 0 fully saturated rings. The number of non-ortho nitro benzene ring substituents is 1. The molecule has 0 saturated heterocycles. The monoisotopic (exact) mass is 1990 g/mol. The molecule has 0 aliphatic rings. The van der Waals surface area contributed by atoms with E-state index in [0.717, 1.165) is 238 Å². The van der Waals surface area contributed by atoms with E-state index in [-0.39, 0.29) is 39.4 Å². The number of aryl methyl sites for hydroxylation is 8. The van der Waals surface area contributed by atoms with Gasteiger partial charge in [0, 0.05) is 167 Å². The molecule has 3 unspecified atom stereocenters. The van der Waals surface area contributed by atoms with Crippen molar-refractivity contribution < 1.29 is 70.5 Å². The molecule has 14 aromatic carbocycles. The summed E-state index contributed by atoms with van der Waals surface area (Å²) in [6, 6.07) is 76.6. The summed E-state index contributed by atoms with van der Waals surface area (Å²) in [7, 11) is 0. The number of hydrogen-bond donors (Lipinski definition) is 0. The van der Waals surface area contributed by atoms with Crippen molar-refractivity contribution in [3.8, 4) is 5.75 Å². The van der Waals surface area contributed by atoms with Gasteiger partial charge in [0.1, 0.15) is 17.2 Å². The van der Waals surface area contributed by atoms with Crippen molar-refractivity contribution in [3.05, 3.63) is 353 Å². The Labute approximate surface area is 860 Å². The maximum absolute atomic E-state index is 14.6. The maximum Gasteiger partial charge on any atom is 0.340 e. The molecule has 0 N–H and O–H groups in total. The number of oxime groups is 3. The normalized spacial score (nSPS) is 12.7. The van der Waals surface area contributed by atoms with Crippen LogP contribution >= 0.6 is 0 Å². The largest absolute Gasteiger partial charge is 0.487 e. The molecule has 0 radical (unpaired) electrons. The second kappa shape index (κ2) is 47.0. The van der Waals surface area contributed by atoms with Gasteiger partial charge in [-0.1, -0.05) is 278 Å². The molecule has 148 heavy (non-hydrogen) atoms. The molecular formula is C125H127F4N7O12. The number of ether oxygens (including phenoxy) is 1. The number of benzene rings is 14. The number of rotatable bonds is 37. The number of nitrogens with zero attached hydrogens (tertiary/aromatic N) is 7. The van der Waals surface area contributed by atoms with Crippen molar-refractivity contribution >= 4 is 156 Å². The Balaban J connectivity index is 0.000000168.